The molecule has 0 aliphatic heterocycles. The number of benzene rings is 1. The van der Waals surface area contributed by atoms with Crippen molar-refractivity contribution < 1.29 is 37.4 Å². The molecule has 0 aromatic heterocycles. The van der Waals surface area contributed by atoms with Crippen LogP contribution >= 0.6 is 0 Å². The van der Waals surface area contributed by atoms with Crippen molar-refractivity contribution in [3.8, 4) is 0 Å². The van der Waals surface area contributed by atoms with Crippen LogP contribution in [-0.4, -0.2) is 35.2 Å². The number of alkyl halides is 3. The van der Waals surface area contributed by atoms with E-state index in [0.717, 1.165) is 0 Å². The molecule has 1 unspecified atom stereocenters. The molecule has 2 N–H and O–H groups in total. The molecule has 6 nitrogen and oxygen atoms in total. The Bertz CT molecular complexity index is 559. The Hall–Kier alpha value is -2.58. The summed E-state index contributed by atoms with van der Waals surface area (Å²) < 4.78 is 41.1. The first-order chi connectivity index (χ1) is 10.7. The van der Waals surface area contributed by atoms with Crippen molar-refractivity contribution in [3.63, 3.8) is 0 Å². The van der Waals surface area contributed by atoms with Gasteiger partial charge in [-0.15, -0.1) is 0 Å². The minimum Gasteiger partial charge on any atom is -0.480 e. The van der Waals surface area contributed by atoms with E-state index in [0.29, 0.717) is 5.56 Å². The van der Waals surface area contributed by atoms with Crippen molar-refractivity contribution in [2.75, 3.05) is 0 Å². The lowest BCUT2D eigenvalue weighted by Gasteiger charge is -2.15. The van der Waals surface area contributed by atoms with Gasteiger partial charge in [0.25, 0.3) is 0 Å². The molecule has 126 valence electrons. The molecule has 9 heteroatoms. The van der Waals surface area contributed by atoms with Crippen molar-refractivity contribution in [2.45, 2.75) is 31.7 Å². The van der Waals surface area contributed by atoms with Gasteiger partial charge < -0.3 is 15.2 Å². The summed E-state index contributed by atoms with van der Waals surface area (Å²) in [5.74, 6) is -4.82. The Morgan fingerprint density at radius 3 is 2.30 bits per heavy atom. The minimum absolute atomic E-state index is 0.0354. The number of esters is 1. The van der Waals surface area contributed by atoms with Crippen LogP contribution in [0.5, 0.6) is 0 Å². The van der Waals surface area contributed by atoms with Crippen LogP contribution in [0, 0.1) is 0 Å². The van der Waals surface area contributed by atoms with Crippen molar-refractivity contribution in [1.82, 2.24) is 5.32 Å². The molecule has 1 aromatic carbocycles. The summed E-state index contributed by atoms with van der Waals surface area (Å²) in [6.45, 7) is -0.0354. The van der Waals surface area contributed by atoms with Gasteiger partial charge in [-0.1, -0.05) is 30.3 Å². The Morgan fingerprint density at radius 2 is 1.78 bits per heavy atom. The number of hydrogen-bond acceptors (Lipinski definition) is 4. The van der Waals surface area contributed by atoms with Crippen LogP contribution in [0.1, 0.15) is 18.4 Å². The van der Waals surface area contributed by atoms with Crippen LogP contribution in [-0.2, 0) is 25.7 Å². The molecule has 0 radical (unpaired) electrons. The molecule has 1 aromatic rings. The molecule has 0 heterocycles. The topological polar surface area (TPSA) is 92.7 Å². The molecule has 23 heavy (non-hydrogen) atoms. The van der Waals surface area contributed by atoms with Crippen LogP contribution in [0.25, 0.3) is 0 Å². The Balaban J connectivity index is 2.44. The van der Waals surface area contributed by atoms with Gasteiger partial charge in [0.2, 0.25) is 0 Å². The molecule has 0 saturated carbocycles. The third kappa shape index (κ3) is 6.81. The van der Waals surface area contributed by atoms with Gasteiger partial charge in [-0.05, 0) is 12.0 Å². The van der Waals surface area contributed by atoms with Gasteiger partial charge >= 0.3 is 24.0 Å². The Kier molecular flexibility index (Phi) is 6.55. The fourth-order valence-corrected chi connectivity index (χ4v) is 1.57. The second-order valence-electron chi connectivity index (χ2n) is 4.55. The third-order valence-electron chi connectivity index (χ3n) is 2.74. The largest absolute Gasteiger partial charge is 0.480 e. The molecule has 0 saturated heterocycles. The highest BCUT2D eigenvalue weighted by Crippen LogP contribution is 2.15. The molecule has 1 amide bonds. The summed E-state index contributed by atoms with van der Waals surface area (Å²) in [5.41, 5.74) is 0.709. The van der Waals surface area contributed by atoms with Crippen molar-refractivity contribution in [2.24, 2.45) is 0 Å². The highest BCUT2D eigenvalue weighted by Gasteiger charge is 2.40. The number of nitrogens with one attached hydrogen (secondary N) is 1. The minimum atomic E-state index is -5.19. The molecule has 0 aliphatic rings. The molecular formula is C14H14F3NO5. The molecular weight excluding hydrogens is 319 g/mol. The number of carboxylic acids is 1. The van der Waals surface area contributed by atoms with Gasteiger partial charge in [0, 0.05) is 6.42 Å². The fourth-order valence-electron chi connectivity index (χ4n) is 1.57. The molecule has 1 atom stereocenters. The van der Waals surface area contributed by atoms with Gasteiger partial charge in [-0.25, -0.2) is 4.79 Å². The first kappa shape index (κ1) is 18.5. The standard InChI is InChI=1S/C14H14F3NO5/c15-14(16,17)13(22)18-10(12(20)21)6-7-11(19)23-8-9-4-2-1-3-5-9/h1-5,10H,6-8H2,(H,18,22)(H,20,21). The lowest BCUT2D eigenvalue weighted by Crippen LogP contribution is -2.47. The number of rotatable bonds is 7. The smallest absolute Gasteiger partial charge is 0.471 e. The number of carboxylic acid groups (broad SMARTS) is 1. The number of hydrogen-bond donors (Lipinski definition) is 2. The van der Waals surface area contributed by atoms with Crippen LogP contribution in [0.15, 0.2) is 30.3 Å². The number of ether oxygens (including phenoxy) is 1. The molecule has 0 fully saturated rings. The van der Waals surface area contributed by atoms with Gasteiger partial charge in [0.05, 0.1) is 0 Å². The summed E-state index contributed by atoms with van der Waals surface area (Å²) in [5, 5.41) is 10.1. The Labute approximate surface area is 129 Å². The normalized spacial score (nSPS) is 12.3. The fraction of sp³-hybridized carbons (Fsp3) is 0.357. The highest BCUT2D eigenvalue weighted by molar-refractivity contribution is 5.87. The molecule has 0 bridgehead atoms. The summed E-state index contributed by atoms with van der Waals surface area (Å²) in [7, 11) is 0. The SMILES string of the molecule is O=C(CCC(NC(=O)C(F)(F)F)C(=O)O)OCc1ccccc1. The molecule has 0 aliphatic carbocycles. The summed E-state index contributed by atoms with van der Waals surface area (Å²) in [4.78, 5) is 33.0. The zero-order valence-electron chi connectivity index (χ0n) is 11.8. The van der Waals surface area contributed by atoms with E-state index in [1.165, 1.54) is 5.32 Å². The van der Waals surface area contributed by atoms with Crippen LogP contribution in [0.2, 0.25) is 0 Å². The lowest BCUT2D eigenvalue weighted by molar-refractivity contribution is -0.175. The van der Waals surface area contributed by atoms with E-state index < -0.39 is 42.9 Å². The number of carbonyl (C=O) groups excluding carboxylic acids is 2. The highest BCUT2D eigenvalue weighted by atomic mass is 19.4. The quantitative estimate of drug-likeness (QED) is 0.740. The summed E-state index contributed by atoms with van der Waals surface area (Å²) in [6.07, 6.45) is -6.14. The van der Waals surface area contributed by atoms with Crippen LogP contribution < -0.4 is 5.32 Å². The van der Waals surface area contributed by atoms with E-state index in [1.807, 2.05) is 0 Å². The average molecular weight is 333 g/mol. The van der Waals surface area contributed by atoms with E-state index in [2.05, 4.69) is 0 Å². The summed E-state index contributed by atoms with van der Waals surface area (Å²) in [6, 6.07) is 6.82. The lowest BCUT2D eigenvalue weighted by atomic mass is 10.1. The third-order valence-corrected chi connectivity index (χ3v) is 2.74. The first-order valence-corrected chi connectivity index (χ1v) is 6.50. The van der Waals surface area contributed by atoms with Gasteiger partial charge in [-0.2, -0.15) is 13.2 Å². The molecule has 1 rings (SSSR count). The second-order valence-corrected chi connectivity index (χ2v) is 4.55. The zero-order valence-corrected chi connectivity index (χ0v) is 11.8. The number of aliphatic carboxylic acids is 1. The predicted octanol–water partition coefficient (Wildman–Crippen LogP) is 1.64. The van der Waals surface area contributed by atoms with E-state index in [4.69, 9.17) is 9.84 Å². The maximum atomic E-state index is 12.1. The number of amides is 1. The van der Waals surface area contributed by atoms with E-state index in [9.17, 15) is 27.6 Å². The number of halogens is 3. The summed E-state index contributed by atoms with van der Waals surface area (Å²) >= 11 is 0. The van der Waals surface area contributed by atoms with Crippen molar-refractivity contribution in [1.29, 1.82) is 0 Å². The monoisotopic (exact) mass is 333 g/mol. The van der Waals surface area contributed by atoms with E-state index in [1.54, 1.807) is 30.3 Å². The average Bonchev–Trinajstić information content (AvgIpc) is 2.48. The maximum Gasteiger partial charge on any atom is 0.471 e. The van der Waals surface area contributed by atoms with E-state index in [-0.39, 0.29) is 6.61 Å². The Morgan fingerprint density at radius 1 is 1.17 bits per heavy atom. The van der Waals surface area contributed by atoms with Crippen molar-refractivity contribution >= 4 is 17.8 Å². The first-order valence-electron chi connectivity index (χ1n) is 6.50. The zero-order chi connectivity index (χ0) is 17.5. The van der Waals surface area contributed by atoms with Gasteiger partial charge in [0.15, 0.2) is 0 Å². The van der Waals surface area contributed by atoms with Crippen LogP contribution in [0.3, 0.4) is 0 Å². The van der Waals surface area contributed by atoms with Crippen LogP contribution in [0.4, 0.5) is 13.2 Å². The number of carbonyl (C=O) groups is 3. The van der Waals surface area contributed by atoms with Crippen molar-refractivity contribution in [3.05, 3.63) is 35.9 Å². The molecule has 0 spiro atoms. The van der Waals surface area contributed by atoms with Gasteiger partial charge in [-0.3, -0.25) is 9.59 Å². The second kappa shape index (κ2) is 8.16. The van der Waals surface area contributed by atoms with Gasteiger partial charge in [0.1, 0.15) is 12.6 Å². The maximum absolute atomic E-state index is 12.1. The van der Waals surface area contributed by atoms with E-state index >= 15 is 0 Å². The predicted molar refractivity (Wildman–Crippen MR) is 71.1 cm³/mol.